The molecular formula is C18H21NO2. The van der Waals surface area contributed by atoms with Crippen LogP contribution >= 0.6 is 0 Å². The fourth-order valence-electron chi connectivity index (χ4n) is 2.93. The van der Waals surface area contributed by atoms with Crippen LogP contribution in [0.15, 0.2) is 48.5 Å². The van der Waals surface area contributed by atoms with Gasteiger partial charge in [-0.15, -0.1) is 0 Å². The zero-order chi connectivity index (χ0) is 14.7. The number of methoxy groups -OCH3 is 1. The third-order valence-corrected chi connectivity index (χ3v) is 4.02. The minimum absolute atomic E-state index is 0.220. The van der Waals surface area contributed by atoms with Crippen LogP contribution in [0.5, 0.6) is 11.5 Å². The largest absolute Gasteiger partial charge is 0.496 e. The maximum Gasteiger partial charge on any atom is 0.124 e. The molecule has 2 unspecified atom stereocenters. The molecule has 3 nitrogen and oxygen atoms in total. The van der Waals surface area contributed by atoms with Crippen molar-refractivity contribution in [1.29, 1.82) is 0 Å². The maximum absolute atomic E-state index is 5.72. The van der Waals surface area contributed by atoms with E-state index in [4.69, 9.17) is 9.47 Å². The van der Waals surface area contributed by atoms with Crippen molar-refractivity contribution >= 4 is 0 Å². The summed E-state index contributed by atoms with van der Waals surface area (Å²) < 4.78 is 11.2. The lowest BCUT2D eigenvalue weighted by molar-refractivity contribution is 0.245. The summed E-state index contributed by atoms with van der Waals surface area (Å²) >= 11 is 0. The standard InChI is InChI=1S/C18H21NO2/c1-13(14-7-3-5-9-17(14)20-2)19-16-11-12-21-18-10-6-4-8-15(16)18/h3-10,13,16,19H,11-12H2,1-2H3. The van der Waals surface area contributed by atoms with Crippen molar-refractivity contribution in [3.05, 3.63) is 59.7 Å². The summed E-state index contributed by atoms with van der Waals surface area (Å²) in [5.41, 5.74) is 2.43. The summed E-state index contributed by atoms with van der Waals surface area (Å²) in [6.45, 7) is 2.93. The third-order valence-electron chi connectivity index (χ3n) is 4.02. The molecule has 1 N–H and O–H groups in total. The number of benzene rings is 2. The van der Waals surface area contributed by atoms with Gasteiger partial charge in [-0.1, -0.05) is 36.4 Å². The van der Waals surface area contributed by atoms with E-state index >= 15 is 0 Å². The van der Waals surface area contributed by atoms with Crippen molar-refractivity contribution in [2.24, 2.45) is 0 Å². The van der Waals surface area contributed by atoms with E-state index in [1.165, 1.54) is 11.1 Å². The van der Waals surface area contributed by atoms with Gasteiger partial charge in [0.25, 0.3) is 0 Å². The second-order valence-corrected chi connectivity index (χ2v) is 5.36. The van der Waals surface area contributed by atoms with E-state index in [-0.39, 0.29) is 6.04 Å². The number of nitrogens with one attached hydrogen (secondary N) is 1. The Morgan fingerprint density at radius 3 is 2.76 bits per heavy atom. The van der Waals surface area contributed by atoms with E-state index in [0.29, 0.717) is 6.04 Å². The van der Waals surface area contributed by atoms with Crippen LogP contribution in [0.1, 0.15) is 36.6 Å². The second kappa shape index (κ2) is 6.19. The van der Waals surface area contributed by atoms with Crippen LogP contribution in [0.2, 0.25) is 0 Å². The summed E-state index contributed by atoms with van der Waals surface area (Å²) in [7, 11) is 1.72. The van der Waals surface area contributed by atoms with Gasteiger partial charge >= 0.3 is 0 Å². The highest BCUT2D eigenvalue weighted by molar-refractivity contribution is 5.39. The molecule has 0 amide bonds. The summed E-state index contributed by atoms with van der Waals surface area (Å²) in [6.07, 6.45) is 0.983. The Morgan fingerprint density at radius 2 is 1.90 bits per heavy atom. The highest BCUT2D eigenvalue weighted by atomic mass is 16.5. The highest BCUT2D eigenvalue weighted by Crippen LogP contribution is 2.34. The Morgan fingerprint density at radius 1 is 1.14 bits per heavy atom. The molecule has 3 rings (SSSR count). The van der Waals surface area contributed by atoms with Crippen molar-refractivity contribution in [2.75, 3.05) is 13.7 Å². The first-order valence-electron chi connectivity index (χ1n) is 7.40. The molecule has 0 spiro atoms. The molecule has 0 aromatic heterocycles. The summed E-state index contributed by atoms with van der Waals surface area (Å²) in [5, 5.41) is 3.71. The molecule has 0 bridgehead atoms. The van der Waals surface area contributed by atoms with Crippen molar-refractivity contribution in [3.8, 4) is 11.5 Å². The van der Waals surface area contributed by atoms with Gasteiger partial charge in [0.1, 0.15) is 11.5 Å². The first-order valence-corrected chi connectivity index (χ1v) is 7.40. The third kappa shape index (κ3) is 2.88. The quantitative estimate of drug-likeness (QED) is 0.924. The molecule has 0 saturated carbocycles. The molecule has 0 saturated heterocycles. The first kappa shape index (κ1) is 14.0. The van der Waals surface area contributed by atoms with Crippen LogP contribution in [-0.2, 0) is 0 Å². The average molecular weight is 283 g/mol. The Balaban J connectivity index is 1.81. The van der Waals surface area contributed by atoms with Gasteiger partial charge in [-0.05, 0) is 19.1 Å². The van der Waals surface area contributed by atoms with Gasteiger partial charge in [-0.25, -0.2) is 0 Å². The Labute approximate surface area is 125 Å². The van der Waals surface area contributed by atoms with Crippen molar-refractivity contribution in [3.63, 3.8) is 0 Å². The van der Waals surface area contributed by atoms with Crippen LogP contribution < -0.4 is 14.8 Å². The second-order valence-electron chi connectivity index (χ2n) is 5.36. The van der Waals surface area contributed by atoms with Gasteiger partial charge in [0.2, 0.25) is 0 Å². The Bertz CT molecular complexity index is 612. The van der Waals surface area contributed by atoms with E-state index in [0.717, 1.165) is 24.5 Å². The van der Waals surface area contributed by atoms with E-state index in [9.17, 15) is 0 Å². The molecule has 1 aliphatic heterocycles. The molecule has 0 aliphatic carbocycles. The van der Waals surface area contributed by atoms with Crippen molar-refractivity contribution in [2.45, 2.75) is 25.4 Å². The lowest BCUT2D eigenvalue weighted by atomic mass is 9.98. The molecule has 21 heavy (non-hydrogen) atoms. The number of rotatable bonds is 4. The molecular weight excluding hydrogens is 262 g/mol. The van der Waals surface area contributed by atoms with Gasteiger partial charge < -0.3 is 14.8 Å². The molecule has 110 valence electrons. The molecule has 2 aromatic rings. The van der Waals surface area contributed by atoms with Gasteiger partial charge in [0.15, 0.2) is 0 Å². The van der Waals surface area contributed by atoms with Crippen LogP contribution in [-0.4, -0.2) is 13.7 Å². The Hall–Kier alpha value is -2.00. The summed E-state index contributed by atoms with van der Waals surface area (Å²) in [4.78, 5) is 0. The minimum atomic E-state index is 0.220. The van der Waals surface area contributed by atoms with Crippen molar-refractivity contribution in [1.82, 2.24) is 5.32 Å². The van der Waals surface area contributed by atoms with Crippen LogP contribution in [0.3, 0.4) is 0 Å². The molecule has 2 aromatic carbocycles. The average Bonchev–Trinajstić information content (AvgIpc) is 2.55. The summed E-state index contributed by atoms with van der Waals surface area (Å²) in [5.74, 6) is 1.92. The molecule has 0 fully saturated rings. The topological polar surface area (TPSA) is 30.5 Å². The molecule has 1 aliphatic rings. The van der Waals surface area contributed by atoms with E-state index < -0.39 is 0 Å². The predicted octanol–water partition coefficient (Wildman–Crippen LogP) is 3.87. The fraction of sp³-hybridized carbons (Fsp3) is 0.333. The molecule has 0 radical (unpaired) electrons. The van der Waals surface area contributed by atoms with E-state index in [2.05, 4.69) is 30.4 Å². The number of fused-ring (bicyclic) bond motifs is 1. The number of para-hydroxylation sites is 2. The number of hydrogen-bond acceptors (Lipinski definition) is 3. The SMILES string of the molecule is COc1ccccc1C(C)NC1CCOc2ccccc21. The van der Waals surface area contributed by atoms with Gasteiger partial charge in [-0.2, -0.15) is 0 Å². The molecule has 2 atom stereocenters. The van der Waals surface area contributed by atoms with Gasteiger partial charge in [0.05, 0.1) is 13.7 Å². The predicted molar refractivity (Wildman–Crippen MR) is 83.8 cm³/mol. The monoisotopic (exact) mass is 283 g/mol. The van der Waals surface area contributed by atoms with E-state index in [1.54, 1.807) is 7.11 Å². The smallest absolute Gasteiger partial charge is 0.124 e. The van der Waals surface area contributed by atoms with Crippen LogP contribution in [0.25, 0.3) is 0 Å². The zero-order valence-electron chi connectivity index (χ0n) is 12.5. The zero-order valence-corrected chi connectivity index (χ0v) is 12.5. The van der Waals surface area contributed by atoms with E-state index in [1.807, 2.05) is 30.3 Å². The van der Waals surface area contributed by atoms with Gasteiger partial charge in [0, 0.05) is 29.6 Å². The lowest BCUT2D eigenvalue weighted by Crippen LogP contribution is -2.29. The number of hydrogen-bond donors (Lipinski definition) is 1. The lowest BCUT2D eigenvalue weighted by Gasteiger charge is -2.30. The van der Waals surface area contributed by atoms with Crippen LogP contribution in [0.4, 0.5) is 0 Å². The van der Waals surface area contributed by atoms with Crippen molar-refractivity contribution < 1.29 is 9.47 Å². The fourth-order valence-corrected chi connectivity index (χ4v) is 2.93. The molecule has 1 heterocycles. The first-order chi connectivity index (χ1) is 10.3. The van der Waals surface area contributed by atoms with Crippen LogP contribution in [0, 0.1) is 0 Å². The summed E-state index contributed by atoms with van der Waals surface area (Å²) in [6, 6.07) is 17.0. The molecule has 3 heteroatoms. The normalized spacial score (nSPS) is 18.5. The number of ether oxygens (including phenoxy) is 2. The maximum atomic E-state index is 5.72. The minimum Gasteiger partial charge on any atom is -0.496 e. The van der Waals surface area contributed by atoms with Gasteiger partial charge in [-0.3, -0.25) is 0 Å². The highest BCUT2D eigenvalue weighted by Gasteiger charge is 2.23. The Kier molecular flexibility index (Phi) is 4.11.